The Morgan fingerprint density at radius 1 is 0.923 bits per heavy atom. The molecule has 1 aliphatic rings. The summed E-state index contributed by atoms with van der Waals surface area (Å²) in [5.74, 6) is -1.09. The molecule has 200 valence electrons. The van der Waals surface area contributed by atoms with Gasteiger partial charge in [0.05, 0.1) is 12.8 Å². The highest BCUT2D eigenvalue weighted by molar-refractivity contribution is 7.11. The third-order valence-electron chi connectivity index (χ3n) is 6.40. The highest BCUT2D eigenvalue weighted by Gasteiger charge is 2.25. The van der Waals surface area contributed by atoms with E-state index in [2.05, 4.69) is 35.6 Å². The van der Waals surface area contributed by atoms with Gasteiger partial charge in [-0.1, -0.05) is 18.2 Å². The molecule has 12 heteroatoms. The normalized spacial score (nSPS) is 13.8. The molecule has 1 fully saturated rings. The topological polar surface area (TPSA) is 114 Å². The van der Waals surface area contributed by atoms with Crippen molar-refractivity contribution in [2.24, 2.45) is 0 Å². The van der Waals surface area contributed by atoms with Gasteiger partial charge in [0.1, 0.15) is 15.8 Å². The number of hydrogen-bond donors (Lipinski definition) is 1. The Balaban J connectivity index is 1.10. The maximum Gasteiger partial charge on any atom is 0.231 e. The number of amides is 1. The van der Waals surface area contributed by atoms with Gasteiger partial charge in [-0.25, -0.2) is 8.78 Å². The number of carbonyl (C=O) groups is 2. The molecule has 9 nitrogen and oxygen atoms in total. The number of rotatable bonds is 9. The molecule has 4 aromatic rings. The quantitative estimate of drug-likeness (QED) is 0.334. The number of anilines is 2. The van der Waals surface area contributed by atoms with Gasteiger partial charge in [-0.15, -0.1) is 31.7 Å². The Morgan fingerprint density at radius 3 is 2.51 bits per heavy atom. The van der Waals surface area contributed by atoms with Crippen LogP contribution in [0.1, 0.15) is 40.0 Å². The van der Waals surface area contributed by atoms with E-state index in [-0.39, 0.29) is 42.4 Å². The number of hydrogen-bond acceptors (Lipinski definition) is 9. The number of benzene rings is 1. The summed E-state index contributed by atoms with van der Waals surface area (Å²) in [5.41, 5.74) is 0.718. The molecule has 0 aliphatic carbocycles. The Hall–Kier alpha value is -4.19. The van der Waals surface area contributed by atoms with Crippen LogP contribution in [-0.4, -0.2) is 50.2 Å². The molecule has 1 aliphatic heterocycles. The lowest BCUT2D eigenvalue weighted by atomic mass is 9.98. The number of carbonyl (C=O) groups excluding carboxylic acids is 2. The minimum atomic E-state index is -0.986. The monoisotopic (exact) mass is 549 g/mol. The lowest BCUT2D eigenvalue weighted by Gasteiger charge is -2.31. The van der Waals surface area contributed by atoms with Crippen molar-refractivity contribution in [3.8, 4) is 0 Å². The molecule has 1 saturated heterocycles. The molecule has 0 bridgehead atoms. The van der Waals surface area contributed by atoms with Crippen molar-refractivity contribution >= 4 is 34.7 Å². The van der Waals surface area contributed by atoms with Gasteiger partial charge >= 0.3 is 0 Å². The van der Waals surface area contributed by atoms with Crippen molar-refractivity contribution < 1.29 is 18.4 Å². The van der Waals surface area contributed by atoms with Gasteiger partial charge in [0, 0.05) is 37.3 Å². The number of aromatic nitrogens is 5. The highest BCUT2D eigenvalue weighted by atomic mass is 32.1. The Kier molecular flexibility index (Phi) is 8.21. The van der Waals surface area contributed by atoms with Crippen LogP contribution in [0.4, 0.5) is 20.4 Å². The number of halogens is 2. The van der Waals surface area contributed by atoms with E-state index in [0.29, 0.717) is 16.5 Å². The lowest BCUT2D eigenvalue weighted by molar-refractivity contribution is -0.118. The number of pyridine rings is 1. The van der Waals surface area contributed by atoms with Crippen LogP contribution in [0.5, 0.6) is 0 Å². The second-order valence-corrected chi connectivity index (χ2v) is 10.3. The number of Topliss-reactive ketones (excluding diaryl/α,β-unsaturated/α-hetero) is 1. The van der Waals surface area contributed by atoms with Crippen molar-refractivity contribution in [2.75, 3.05) is 23.3 Å². The predicted octanol–water partition coefficient (Wildman–Crippen LogP) is 3.92. The first-order valence-electron chi connectivity index (χ1n) is 12.5. The van der Waals surface area contributed by atoms with E-state index in [1.165, 1.54) is 23.5 Å². The first-order valence-corrected chi connectivity index (χ1v) is 13.3. The number of nitrogens with one attached hydrogen (secondary N) is 1. The van der Waals surface area contributed by atoms with E-state index in [9.17, 15) is 18.4 Å². The predicted molar refractivity (Wildman–Crippen MR) is 141 cm³/mol. The van der Waals surface area contributed by atoms with Crippen LogP contribution in [0, 0.1) is 11.6 Å². The Morgan fingerprint density at radius 2 is 1.77 bits per heavy atom. The molecule has 3 aromatic heterocycles. The largest absolute Gasteiger partial charge is 0.355 e. The van der Waals surface area contributed by atoms with Crippen molar-refractivity contribution in [3.63, 3.8) is 0 Å². The minimum Gasteiger partial charge on any atom is -0.355 e. The van der Waals surface area contributed by atoms with E-state index in [1.807, 2.05) is 12.1 Å². The zero-order valence-corrected chi connectivity index (χ0v) is 21.7. The summed E-state index contributed by atoms with van der Waals surface area (Å²) in [6, 6.07) is 12.8. The van der Waals surface area contributed by atoms with Crippen LogP contribution in [0.25, 0.3) is 0 Å². The molecule has 1 aromatic carbocycles. The second-order valence-electron chi connectivity index (χ2n) is 9.22. The van der Waals surface area contributed by atoms with Gasteiger partial charge in [0.25, 0.3) is 0 Å². The van der Waals surface area contributed by atoms with Crippen molar-refractivity contribution in [1.29, 1.82) is 0 Å². The minimum absolute atomic E-state index is 0.0345. The number of ketones is 1. The molecule has 1 N–H and O–H groups in total. The first-order chi connectivity index (χ1) is 18.9. The molecule has 0 radical (unpaired) electrons. The van der Waals surface area contributed by atoms with Gasteiger partial charge in [0.2, 0.25) is 5.91 Å². The third kappa shape index (κ3) is 6.82. The molecule has 0 atom stereocenters. The summed E-state index contributed by atoms with van der Waals surface area (Å²) >= 11 is 1.39. The molecule has 0 spiro atoms. The lowest BCUT2D eigenvalue weighted by Crippen LogP contribution is -2.33. The average molecular weight is 550 g/mol. The Bertz CT molecular complexity index is 1440. The summed E-state index contributed by atoms with van der Waals surface area (Å²) < 4.78 is 27.3. The SMILES string of the molecule is O=C(Cc1nnc(C2CCN(c3ccc(NC(=O)Cc4ccccn4)nn3)CC2)s1)Cc1cccc(F)c1F. The summed E-state index contributed by atoms with van der Waals surface area (Å²) in [6.07, 6.45) is 3.32. The van der Waals surface area contributed by atoms with Crippen molar-refractivity contribution in [1.82, 2.24) is 25.4 Å². The summed E-state index contributed by atoms with van der Waals surface area (Å²) in [7, 11) is 0. The van der Waals surface area contributed by atoms with Gasteiger partial charge in [-0.3, -0.25) is 14.6 Å². The van der Waals surface area contributed by atoms with Gasteiger partial charge in [0.15, 0.2) is 23.3 Å². The highest BCUT2D eigenvalue weighted by Crippen LogP contribution is 2.32. The second kappa shape index (κ2) is 12.1. The molecule has 1 amide bonds. The van der Waals surface area contributed by atoms with E-state index in [0.717, 1.165) is 42.8 Å². The zero-order valence-electron chi connectivity index (χ0n) is 20.9. The zero-order chi connectivity index (χ0) is 27.2. The van der Waals surface area contributed by atoms with Crippen LogP contribution in [0.2, 0.25) is 0 Å². The maximum atomic E-state index is 13.9. The van der Waals surface area contributed by atoms with Gasteiger partial charge < -0.3 is 10.2 Å². The van der Waals surface area contributed by atoms with Crippen LogP contribution in [-0.2, 0) is 28.9 Å². The van der Waals surface area contributed by atoms with Crippen molar-refractivity contribution in [3.05, 3.63) is 87.6 Å². The molecular formula is C27H25F2N7O2S. The van der Waals surface area contributed by atoms with Gasteiger partial charge in [-0.2, -0.15) is 0 Å². The van der Waals surface area contributed by atoms with Crippen LogP contribution in [0.15, 0.2) is 54.7 Å². The molecule has 5 rings (SSSR count). The molecule has 4 heterocycles. The molecular weight excluding hydrogens is 524 g/mol. The van der Waals surface area contributed by atoms with Crippen LogP contribution < -0.4 is 10.2 Å². The summed E-state index contributed by atoms with van der Waals surface area (Å²) in [4.78, 5) is 30.9. The summed E-state index contributed by atoms with van der Waals surface area (Å²) in [5, 5.41) is 21.0. The molecule has 0 saturated carbocycles. The molecule has 0 unspecified atom stereocenters. The van der Waals surface area contributed by atoms with Crippen LogP contribution >= 0.6 is 11.3 Å². The van der Waals surface area contributed by atoms with Crippen LogP contribution in [0.3, 0.4) is 0 Å². The average Bonchev–Trinajstić information content (AvgIpc) is 3.40. The van der Waals surface area contributed by atoms with E-state index in [1.54, 1.807) is 24.4 Å². The smallest absolute Gasteiger partial charge is 0.231 e. The number of piperidine rings is 1. The van der Waals surface area contributed by atoms with E-state index >= 15 is 0 Å². The van der Waals surface area contributed by atoms with E-state index < -0.39 is 11.6 Å². The van der Waals surface area contributed by atoms with Crippen molar-refractivity contribution in [2.45, 2.75) is 38.0 Å². The maximum absolute atomic E-state index is 13.9. The number of nitrogens with zero attached hydrogens (tertiary/aromatic N) is 6. The third-order valence-corrected chi connectivity index (χ3v) is 7.49. The fraction of sp³-hybridized carbons (Fsp3) is 0.296. The van der Waals surface area contributed by atoms with Gasteiger partial charge in [-0.05, 0) is 48.7 Å². The van der Waals surface area contributed by atoms with E-state index in [4.69, 9.17) is 0 Å². The standard InChI is InChI=1S/C27H25F2N7O2S/c28-21-6-3-4-18(26(21)29)14-20(37)16-25-34-35-27(39-25)17-9-12-36(13-10-17)23-8-7-22(32-33-23)31-24(38)15-19-5-1-2-11-30-19/h1-8,11,17H,9-10,12-16H2,(H,31,32,38). The molecule has 39 heavy (non-hydrogen) atoms. The fourth-order valence-electron chi connectivity index (χ4n) is 4.40. The Labute approximate surface area is 227 Å². The fourth-order valence-corrected chi connectivity index (χ4v) is 5.44. The summed E-state index contributed by atoms with van der Waals surface area (Å²) in [6.45, 7) is 1.49. The first kappa shape index (κ1) is 26.4.